The molecule has 0 aromatic heterocycles. The quantitative estimate of drug-likeness (QED) is 0.192. The Balaban J connectivity index is 1.50. The van der Waals surface area contributed by atoms with Crippen LogP contribution in [0.5, 0.6) is 5.75 Å². The van der Waals surface area contributed by atoms with Crippen LogP contribution in [-0.2, 0) is 16.9 Å². The number of hydrogen-bond acceptors (Lipinski definition) is 5. The molecule has 0 bridgehead atoms. The van der Waals surface area contributed by atoms with Crippen molar-refractivity contribution in [3.05, 3.63) is 89.5 Å². The number of carbonyl (C=O) groups is 2. The maximum Gasteiger partial charge on any atom is 0.416 e. The van der Waals surface area contributed by atoms with Gasteiger partial charge in [0, 0.05) is 18.0 Å². The molecule has 0 unspecified atom stereocenters. The highest BCUT2D eigenvalue weighted by Crippen LogP contribution is 2.40. The Labute approximate surface area is 229 Å². The Morgan fingerprint density at radius 3 is 2.02 bits per heavy atom. The summed E-state index contributed by atoms with van der Waals surface area (Å²) in [6, 6.07) is 16.8. The highest BCUT2D eigenvalue weighted by Gasteiger charge is 2.48. The van der Waals surface area contributed by atoms with Gasteiger partial charge in [-0.1, -0.05) is 36.4 Å². The third kappa shape index (κ3) is 7.00. The number of alkyl halides is 3. The lowest BCUT2D eigenvalue weighted by Crippen LogP contribution is -2.51. The molecule has 4 rings (SSSR count). The zero-order valence-electron chi connectivity index (χ0n) is 21.6. The molecule has 3 N–H and O–H groups in total. The molecule has 1 amide bonds. The zero-order valence-corrected chi connectivity index (χ0v) is 21.6. The molecular formula is C30H30F3NO6. The van der Waals surface area contributed by atoms with E-state index >= 15 is 0 Å². The second-order valence-corrected chi connectivity index (χ2v) is 9.74. The summed E-state index contributed by atoms with van der Waals surface area (Å²) in [7, 11) is 0. The number of rotatable bonds is 12. The van der Waals surface area contributed by atoms with Gasteiger partial charge in [0.2, 0.25) is 0 Å². The van der Waals surface area contributed by atoms with Crippen LogP contribution in [0.25, 0.3) is 11.1 Å². The average molecular weight is 558 g/mol. The number of unbranched alkanes of at least 4 members (excludes halogenated alkanes) is 2. The van der Waals surface area contributed by atoms with E-state index in [-0.39, 0.29) is 29.9 Å². The van der Waals surface area contributed by atoms with Crippen LogP contribution in [-0.4, -0.2) is 44.7 Å². The number of ether oxygens (including phenoxy) is 1. The molecule has 0 heterocycles. The number of nitrogens with zero attached hydrogens (tertiary/aromatic N) is 1. The predicted octanol–water partition coefficient (Wildman–Crippen LogP) is 5.80. The molecule has 1 fully saturated rings. The number of carbonyl (C=O) groups excluding carboxylic acids is 1. The highest BCUT2D eigenvalue weighted by molar-refractivity contribution is 5.95. The van der Waals surface area contributed by atoms with E-state index in [0.29, 0.717) is 43.2 Å². The van der Waals surface area contributed by atoms with Crippen molar-refractivity contribution in [2.24, 2.45) is 0 Å². The molecular weight excluding hydrogens is 527 g/mol. The summed E-state index contributed by atoms with van der Waals surface area (Å²) in [5.74, 6) is -3.96. The van der Waals surface area contributed by atoms with Crippen LogP contribution in [0, 0.1) is 0 Å². The topological polar surface area (TPSA) is 107 Å². The number of benzene rings is 3. The maximum atomic E-state index is 13.5. The van der Waals surface area contributed by atoms with Crippen LogP contribution in [0.15, 0.2) is 72.8 Å². The first-order valence-electron chi connectivity index (χ1n) is 13.0. The minimum Gasteiger partial charge on any atom is -0.493 e. The summed E-state index contributed by atoms with van der Waals surface area (Å²) in [5, 5.41) is 31.4. The molecule has 40 heavy (non-hydrogen) atoms. The SMILES string of the molecule is O=C(O)CCCCCOc1ccccc1C(O)(O)N(C(=O)c1ccc(-c2ccc(C(F)(F)F)cc2)cc1)C1CC1. The number of para-hydroxylation sites is 1. The first kappa shape index (κ1) is 29.1. The second-order valence-electron chi connectivity index (χ2n) is 9.74. The van der Waals surface area contributed by atoms with E-state index in [0.717, 1.165) is 17.0 Å². The van der Waals surface area contributed by atoms with Crippen LogP contribution in [0.2, 0.25) is 0 Å². The summed E-state index contributed by atoms with van der Waals surface area (Å²) in [4.78, 5) is 25.2. The Kier molecular flexibility index (Phi) is 8.80. The van der Waals surface area contributed by atoms with E-state index < -0.39 is 35.6 Å². The standard InChI is InChI=1S/C30H30F3NO6/c31-29(32,33)23-15-13-21(14-16-23)20-9-11-22(12-10-20)28(37)34(24-17-18-24)30(38,39)25-6-3-4-7-26(25)40-19-5-1-2-8-27(35)36/h3-4,6-7,9-16,24,38-39H,1-2,5,8,17-19H2,(H,35,36). The molecule has 1 aliphatic carbocycles. The van der Waals surface area contributed by atoms with E-state index in [1.807, 2.05) is 0 Å². The molecule has 7 nitrogen and oxygen atoms in total. The number of hydrogen-bond donors (Lipinski definition) is 3. The van der Waals surface area contributed by atoms with Crippen molar-refractivity contribution in [1.82, 2.24) is 4.90 Å². The molecule has 10 heteroatoms. The van der Waals surface area contributed by atoms with Crippen molar-refractivity contribution >= 4 is 11.9 Å². The zero-order chi connectivity index (χ0) is 28.9. The Morgan fingerprint density at radius 2 is 1.45 bits per heavy atom. The fourth-order valence-corrected chi connectivity index (χ4v) is 4.43. The molecule has 0 aliphatic heterocycles. The molecule has 212 valence electrons. The van der Waals surface area contributed by atoms with E-state index in [9.17, 15) is 33.0 Å². The van der Waals surface area contributed by atoms with Gasteiger partial charge in [-0.2, -0.15) is 13.2 Å². The maximum absolute atomic E-state index is 13.5. The fourth-order valence-electron chi connectivity index (χ4n) is 4.43. The largest absolute Gasteiger partial charge is 0.493 e. The normalized spacial score (nSPS) is 13.6. The number of aliphatic carboxylic acids is 1. The van der Waals surface area contributed by atoms with Gasteiger partial charge < -0.3 is 20.1 Å². The summed E-state index contributed by atoms with van der Waals surface area (Å²) in [5.41, 5.74) is 0.574. The lowest BCUT2D eigenvalue weighted by Gasteiger charge is -2.36. The van der Waals surface area contributed by atoms with Gasteiger partial charge in [-0.25, -0.2) is 0 Å². The Morgan fingerprint density at radius 1 is 0.850 bits per heavy atom. The number of amides is 1. The van der Waals surface area contributed by atoms with Crippen molar-refractivity contribution in [2.45, 2.75) is 56.7 Å². The van der Waals surface area contributed by atoms with Gasteiger partial charge in [0.15, 0.2) is 0 Å². The first-order chi connectivity index (χ1) is 19.0. The summed E-state index contributed by atoms with van der Waals surface area (Å²) < 4.78 is 44.4. The second kappa shape index (κ2) is 12.1. The van der Waals surface area contributed by atoms with Crippen LogP contribution >= 0.6 is 0 Å². The average Bonchev–Trinajstić information content (AvgIpc) is 3.75. The van der Waals surface area contributed by atoms with Gasteiger partial charge in [0.05, 0.1) is 17.7 Å². The molecule has 1 saturated carbocycles. The molecule has 3 aromatic rings. The lowest BCUT2D eigenvalue weighted by molar-refractivity contribution is -0.259. The van der Waals surface area contributed by atoms with Gasteiger partial charge in [0.1, 0.15) is 5.75 Å². The minimum absolute atomic E-state index is 0.00200. The van der Waals surface area contributed by atoms with Crippen molar-refractivity contribution in [2.75, 3.05) is 6.61 Å². The van der Waals surface area contributed by atoms with E-state index in [1.54, 1.807) is 30.3 Å². The van der Waals surface area contributed by atoms with Gasteiger partial charge in [-0.3, -0.25) is 14.5 Å². The van der Waals surface area contributed by atoms with Crippen LogP contribution in [0.4, 0.5) is 13.2 Å². The Hall–Kier alpha value is -3.89. The molecule has 0 radical (unpaired) electrons. The minimum atomic E-state index is -4.44. The third-order valence-electron chi connectivity index (χ3n) is 6.69. The van der Waals surface area contributed by atoms with E-state index in [4.69, 9.17) is 9.84 Å². The summed E-state index contributed by atoms with van der Waals surface area (Å²) in [6.07, 6.45) is -1.48. The van der Waals surface area contributed by atoms with Gasteiger partial charge in [-0.05, 0) is 79.6 Å². The summed E-state index contributed by atoms with van der Waals surface area (Å²) >= 11 is 0. The number of carboxylic acids is 1. The predicted molar refractivity (Wildman–Crippen MR) is 140 cm³/mol. The molecule has 0 spiro atoms. The van der Waals surface area contributed by atoms with Crippen molar-refractivity contribution in [3.63, 3.8) is 0 Å². The number of aliphatic hydroxyl groups is 2. The van der Waals surface area contributed by atoms with E-state index in [2.05, 4.69) is 0 Å². The number of halogens is 3. The van der Waals surface area contributed by atoms with Gasteiger partial charge in [0.25, 0.3) is 11.8 Å². The van der Waals surface area contributed by atoms with Crippen LogP contribution in [0.3, 0.4) is 0 Å². The molecule has 0 atom stereocenters. The number of carboxylic acid groups (broad SMARTS) is 1. The van der Waals surface area contributed by atoms with E-state index in [1.165, 1.54) is 30.3 Å². The van der Waals surface area contributed by atoms with Gasteiger partial charge in [-0.15, -0.1) is 0 Å². The van der Waals surface area contributed by atoms with Crippen LogP contribution in [0.1, 0.15) is 60.0 Å². The van der Waals surface area contributed by atoms with Crippen molar-refractivity contribution in [1.29, 1.82) is 0 Å². The molecule has 3 aromatic carbocycles. The monoisotopic (exact) mass is 557 g/mol. The van der Waals surface area contributed by atoms with Crippen molar-refractivity contribution < 1.29 is 42.8 Å². The Bertz CT molecular complexity index is 1320. The first-order valence-corrected chi connectivity index (χ1v) is 13.0. The molecule has 0 saturated heterocycles. The molecule has 1 aliphatic rings. The highest BCUT2D eigenvalue weighted by atomic mass is 19.4. The van der Waals surface area contributed by atoms with Crippen LogP contribution < -0.4 is 4.74 Å². The third-order valence-corrected chi connectivity index (χ3v) is 6.69. The lowest BCUT2D eigenvalue weighted by atomic mass is 10.0. The van der Waals surface area contributed by atoms with Gasteiger partial charge >= 0.3 is 12.1 Å². The smallest absolute Gasteiger partial charge is 0.416 e. The van der Waals surface area contributed by atoms with Crippen molar-refractivity contribution in [3.8, 4) is 16.9 Å². The summed E-state index contributed by atoms with van der Waals surface area (Å²) in [6.45, 7) is 0.232. The fraction of sp³-hybridized carbons (Fsp3) is 0.333.